The first kappa shape index (κ1) is 29.6. The van der Waals surface area contributed by atoms with Crippen LogP contribution in [0.2, 0.25) is 0 Å². The van der Waals surface area contributed by atoms with Gasteiger partial charge in [0.05, 0.1) is 0 Å². The number of carbonyl (C=O) groups excluding carboxylic acids is 3. The molecule has 0 aliphatic heterocycles. The predicted molar refractivity (Wildman–Crippen MR) is 164 cm³/mol. The number of benzene rings is 3. The van der Waals surface area contributed by atoms with E-state index in [0.717, 1.165) is 53.5 Å². The molecular weight excluding hydrogens is 544 g/mol. The number of nitrogens with zero attached hydrogens (tertiary/aromatic N) is 3. The molecule has 0 spiro atoms. The summed E-state index contributed by atoms with van der Waals surface area (Å²) in [5, 5.41) is 19.9. The predicted octanol–water partition coefficient (Wildman–Crippen LogP) is 3.37. The average Bonchev–Trinajstić information content (AvgIpc) is 3.57. The van der Waals surface area contributed by atoms with E-state index in [1.54, 1.807) is 36.4 Å². The van der Waals surface area contributed by atoms with E-state index < -0.39 is 11.9 Å². The quantitative estimate of drug-likeness (QED) is 0.190. The molecule has 3 amide bonds. The highest BCUT2D eigenvalue weighted by Gasteiger charge is 2.29. The standard InChI is InChI=1S/C32H36N8O3/c1-19-16-25(29(34)41)12-15-27(19)22-6-2-20(3-7-22)17-28(36-31(42)24-8-4-21(18-33)5-9-24)32(43)35-26-13-10-23(11-14-26)30-37-39-40-38-30/h2-3,6-7,10-16,21,24,28H,4-5,8-9,17-18,33H2,1H3,(H2,34,41)(H,35,43)(H,36,42)(H,37,38,39,40). The maximum Gasteiger partial charge on any atom is 0.248 e. The van der Waals surface area contributed by atoms with Gasteiger partial charge in [0.1, 0.15) is 6.04 Å². The molecule has 3 aromatic carbocycles. The SMILES string of the molecule is Cc1cc(C(N)=O)ccc1-c1ccc(CC(NC(=O)C2CCC(CN)CC2)C(=O)Nc2ccc(-c3nn[nH]n3)cc2)cc1. The number of aromatic nitrogens is 4. The van der Waals surface area contributed by atoms with E-state index in [-0.39, 0.29) is 17.7 Å². The normalized spacial score (nSPS) is 17.2. The van der Waals surface area contributed by atoms with Crippen molar-refractivity contribution in [3.8, 4) is 22.5 Å². The highest BCUT2D eigenvalue weighted by Crippen LogP contribution is 2.29. The van der Waals surface area contributed by atoms with Crippen LogP contribution in [0.25, 0.3) is 22.5 Å². The van der Waals surface area contributed by atoms with Crippen LogP contribution >= 0.6 is 0 Å². The molecule has 1 atom stereocenters. The number of anilines is 1. The van der Waals surface area contributed by atoms with Crippen molar-refractivity contribution in [1.82, 2.24) is 25.9 Å². The molecule has 0 radical (unpaired) electrons. The zero-order chi connectivity index (χ0) is 30.3. The number of hydrogen-bond acceptors (Lipinski definition) is 7. The van der Waals surface area contributed by atoms with Crippen LogP contribution in [0.15, 0.2) is 66.7 Å². The Morgan fingerprint density at radius 2 is 1.65 bits per heavy atom. The van der Waals surface area contributed by atoms with Crippen LogP contribution in [0.5, 0.6) is 0 Å². The Balaban J connectivity index is 1.31. The summed E-state index contributed by atoms with van der Waals surface area (Å²) in [6.07, 6.45) is 3.68. The van der Waals surface area contributed by atoms with E-state index in [0.29, 0.717) is 36.0 Å². The molecule has 222 valence electrons. The molecule has 7 N–H and O–H groups in total. The van der Waals surface area contributed by atoms with E-state index in [2.05, 4.69) is 31.3 Å². The number of primary amides is 1. The Hall–Kier alpha value is -4.90. The van der Waals surface area contributed by atoms with Crippen molar-refractivity contribution in [3.63, 3.8) is 0 Å². The van der Waals surface area contributed by atoms with Gasteiger partial charge in [0.25, 0.3) is 0 Å². The van der Waals surface area contributed by atoms with Crippen LogP contribution in [0, 0.1) is 18.8 Å². The molecule has 1 aliphatic rings. The number of tetrazole rings is 1. The molecule has 1 fully saturated rings. The lowest BCUT2D eigenvalue weighted by Crippen LogP contribution is -2.48. The lowest BCUT2D eigenvalue weighted by Gasteiger charge is -2.28. The fourth-order valence-corrected chi connectivity index (χ4v) is 5.57. The van der Waals surface area contributed by atoms with Gasteiger partial charge in [-0.15, -0.1) is 10.2 Å². The molecule has 4 aromatic rings. The first-order valence-corrected chi connectivity index (χ1v) is 14.5. The number of nitrogens with two attached hydrogens (primary N) is 2. The summed E-state index contributed by atoms with van der Waals surface area (Å²) in [6.45, 7) is 2.57. The molecule has 11 heteroatoms. The van der Waals surface area contributed by atoms with Gasteiger partial charge in [-0.2, -0.15) is 5.21 Å². The van der Waals surface area contributed by atoms with Crippen LogP contribution in [0.1, 0.15) is 47.2 Å². The van der Waals surface area contributed by atoms with Gasteiger partial charge in [-0.1, -0.05) is 30.3 Å². The summed E-state index contributed by atoms with van der Waals surface area (Å²) >= 11 is 0. The van der Waals surface area contributed by atoms with Gasteiger partial charge in [-0.05, 0) is 109 Å². The lowest BCUT2D eigenvalue weighted by molar-refractivity contribution is -0.130. The van der Waals surface area contributed by atoms with Gasteiger partial charge in [0.2, 0.25) is 23.5 Å². The zero-order valence-electron chi connectivity index (χ0n) is 24.0. The number of hydrogen-bond donors (Lipinski definition) is 5. The third-order valence-corrected chi connectivity index (χ3v) is 8.16. The molecule has 1 unspecified atom stereocenters. The monoisotopic (exact) mass is 580 g/mol. The number of carbonyl (C=O) groups is 3. The largest absolute Gasteiger partial charge is 0.366 e. The van der Waals surface area contributed by atoms with Crippen LogP contribution in [0.4, 0.5) is 5.69 Å². The van der Waals surface area contributed by atoms with Gasteiger partial charge in [-0.25, -0.2) is 0 Å². The molecule has 5 rings (SSSR count). The van der Waals surface area contributed by atoms with Crippen molar-refractivity contribution in [2.24, 2.45) is 23.3 Å². The van der Waals surface area contributed by atoms with Crippen molar-refractivity contribution < 1.29 is 14.4 Å². The van der Waals surface area contributed by atoms with E-state index >= 15 is 0 Å². The Kier molecular flexibility index (Phi) is 9.21. The van der Waals surface area contributed by atoms with Crippen LogP contribution < -0.4 is 22.1 Å². The summed E-state index contributed by atoms with van der Waals surface area (Å²) in [7, 11) is 0. The van der Waals surface area contributed by atoms with Crippen LogP contribution in [-0.2, 0) is 16.0 Å². The number of rotatable bonds is 10. The van der Waals surface area contributed by atoms with Gasteiger partial charge in [0.15, 0.2) is 0 Å². The van der Waals surface area contributed by atoms with Crippen LogP contribution in [0.3, 0.4) is 0 Å². The van der Waals surface area contributed by atoms with Crippen molar-refractivity contribution in [2.45, 2.75) is 45.1 Å². The van der Waals surface area contributed by atoms with Gasteiger partial charge in [-0.3, -0.25) is 14.4 Å². The molecule has 1 aliphatic carbocycles. The molecule has 43 heavy (non-hydrogen) atoms. The second-order valence-corrected chi connectivity index (χ2v) is 11.1. The average molecular weight is 581 g/mol. The van der Waals surface area contributed by atoms with Gasteiger partial charge >= 0.3 is 0 Å². The Morgan fingerprint density at radius 3 is 2.26 bits per heavy atom. The van der Waals surface area contributed by atoms with E-state index in [1.165, 1.54) is 0 Å². The van der Waals surface area contributed by atoms with Gasteiger partial charge < -0.3 is 22.1 Å². The number of aryl methyl sites for hydroxylation is 1. The summed E-state index contributed by atoms with van der Waals surface area (Å²) in [5.41, 5.74) is 16.8. The number of nitrogens with one attached hydrogen (secondary N) is 3. The third kappa shape index (κ3) is 7.31. The Morgan fingerprint density at radius 1 is 0.953 bits per heavy atom. The second-order valence-electron chi connectivity index (χ2n) is 11.1. The maximum atomic E-state index is 13.5. The molecule has 1 aromatic heterocycles. The summed E-state index contributed by atoms with van der Waals surface area (Å²) in [6, 6.07) is 19.6. The fourth-order valence-electron chi connectivity index (χ4n) is 5.57. The van der Waals surface area contributed by atoms with Crippen molar-refractivity contribution >= 4 is 23.4 Å². The molecule has 11 nitrogen and oxygen atoms in total. The van der Waals surface area contributed by atoms with Gasteiger partial charge in [0, 0.05) is 29.2 Å². The molecule has 1 heterocycles. The van der Waals surface area contributed by atoms with E-state index in [9.17, 15) is 14.4 Å². The highest BCUT2D eigenvalue weighted by atomic mass is 16.2. The summed E-state index contributed by atoms with van der Waals surface area (Å²) in [5.74, 6) is -0.113. The fraction of sp³-hybridized carbons (Fsp3) is 0.312. The lowest BCUT2D eigenvalue weighted by atomic mass is 9.81. The second kappa shape index (κ2) is 13.4. The number of amides is 3. The minimum absolute atomic E-state index is 0.107. The minimum atomic E-state index is -0.779. The molecule has 0 saturated heterocycles. The molecular formula is C32H36N8O3. The minimum Gasteiger partial charge on any atom is -0.366 e. The van der Waals surface area contributed by atoms with E-state index in [4.69, 9.17) is 11.5 Å². The van der Waals surface area contributed by atoms with Crippen molar-refractivity contribution in [2.75, 3.05) is 11.9 Å². The number of H-pyrrole nitrogens is 1. The Labute approximate surface area is 249 Å². The zero-order valence-corrected chi connectivity index (χ0v) is 24.0. The summed E-state index contributed by atoms with van der Waals surface area (Å²) in [4.78, 5) is 38.4. The molecule has 1 saturated carbocycles. The van der Waals surface area contributed by atoms with Crippen LogP contribution in [-0.4, -0.2) is 50.9 Å². The first-order valence-electron chi connectivity index (χ1n) is 14.5. The van der Waals surface area contributed by atoms with Crippen molar-refractivity contribution in [1.29, 1.82) is 0 Å². The topological polar surface area (TPSA) is 182 Å². The number of aromatic amines is 1. The summed E-state index contributed by atoms with van der Waals surface area (Å²) < 4.78 is 0. The Bertz CT molecular complexity index is 1560. The van der Waals surface area contributed by atoms with E-state index in [1.807, 2.05) is 37.3 Å². The maximum absolute atomic E-state index is 13.5. The third-order valence-electron chi connectivity index (χ3n) is 8.16. The highest BCUT2D eigenvalue weighted by molar-refractivity contribution is 5.98. The first-order chi connectivity index (χ1) is 20.8. The smallest absolute Gasteiger partial charge is 0.248 e. The molecule has 0 bridgehead atoms. The van der Waals surface area contributed by atoms with Crippen molar-refractivity contribution in [3.05, 3.63) is 83.4 Å².